The third-order valence-electron chi connectivity index (χ3n) is 4.78. The number of benzene rings is 2. The summed E-state index contributed by atoms with van der Waals surface area (Å²) in [5.41, 5.74) is 2.60. The van der Waals surface area contributed by atoms with Crippen LogP contribution >= 0.6 is 0 Å². The molecule has 0 aromatic heterocycles. The van der Waals surface area contributed by atoms with Gasteiger partial charge in [-0.25, -0.2) is 4.79 Å². The number of hydrogen-bond acceptors (Lipinski definition) is 4. The van der Waals surface area contributed by atoms with Gasteiger partial charge in [0.25, 0.3) is 5.91 Å². The van der Waals surface area contributed by atoms with Gasteiger partial charge in [-0.1, -0.05) is 48.0 Å². The molecule has 1 heterocycles. The maximum atomic E-state index is 12.9. The molecule has 0 aliphatic carbocycles. The van der Waals surface area contributed by atoms with Crippen molar-refractivity contribution in [3.63, 3.8) is 0 Å². The molecule has 148 valence electrons. The molecule has 7 heteroatoms. The molecule has 1 aliphatic heterocycles. The van der Waals surface area contributed by atoms with Crippen LogP contribution in [0.1, 0.15) is 17.5 Å². The van der Waals surface area contributed by atoms with E-state index in [1.165, 1.54) is 4.90 Å². The molecule has 1 N–H and O–H groups in total. The van der Waals surface area contributed by atoms with E-state index in [1.807, 2.05) is 55.5 Å². The number of nitriles is 1. The Morgan fingerprint density at radius 2 is 1.83 bits per heavy atom. The highest BCUT2D eigenvalue weighted by Crippen LogP contribution is 2.18. The summed E-state index contributed by atoms with van der Waals surface area (Å²) >= 11 is 0. The summed E-state index contributed by atoms with van der Waals surface area (Å²) in [6.07, 6.45) is 0.516. The summed E-state index contributed by atoms with van der Waals surface area (Å²) in [5.74, 6) is -0.829. The third kappa shape index (κ3) is 4.79. The highest BCUT2D eigenvalue weighted by atomic mass is 16.2. The van der Waals surface area contributed by atoms with Crippen molar-refractivity contribution >= 4 is 23.5 Å². The lowest BCUT2D eigenvalue weighted by Gasteiger charge is -2.24. The van der Waals surface area contributed by atoms with Gasteiger partial charge in [0.1, 0.15) is 12.6 Å². The van der Waals surface area contributed by atoms with Crippen LogP contribution in [0, 0.1) is 18.3 Å². The quantitative estimate of drug-likeness (QED) is 0.735. The van der Waals surface area contributed by atoms with Crippen LogP contribution in [0.2, 0.25) is 0 Å². The zero-order valence-corrected chi connectivity index (χ0v) is 16.2. The van der Waals surface area contributed by atoms with Gasteiger partial charge >= 0.3 is 6.03 Å². The number of aryl methyl sites for hydroxylation is 1. The van der Waals surface area contributed by atoms with Crippen molar-refractivity contribution in [1.82, 2.24) is 10.2 Å². The van der Waals surface area contributed by atoms with Crippen LogP contribution in [0.25, 0.3) is 0 Å². The Kier molecular flexibility index (Phi) is 6.25. The lowest BCUT2D eigenvalue weighted by Crippen LogP contribution is -2.44. The monoisotopic (exact) mass is 390 g/mol. The smallest absolute Gasteiger partial charge is 0.325 e. The molecule has 0 unspecified atom stereocenters. The number of anilines is 1. The number of imide groups is 1. The molecule has 0 bridgehead atoms. The number of rotatable bonds is 7. The summed E-state index contributed by atoms with van der Waals surface area (Å²) in [6.45, 7) is 1.76. The first-order valence-corrected chi connectivity index (χ1v) is 9.39. The van der Waals surface area contributed by atoms with E-state index in [9.17, 15) is 14.4 Å². The summed E-state index contributed by atoms with van der Waals surface area (Å²) in [6, 6.07) is 17.4. The predicted molar refractivity (Wildman–Crippen MR) is 108 cm³/mol. The molecule has 2 aromatic carbocycles. The second kappa shape index (κ2) is 9.02. The first-order chi connectivity index (χ1) is 14.0. The minimum atomic E-state index is -0.690. The minimum Gasteiger partial charge on any atom is -0.325 e. The van der Waals surface area contributed by atoms with Crippen molar-refractivity contribution in [2.75, 3.05) is 18.0 Å². The van der Waals surface area contributed by atoms with Crippen LogP contribution < -0.4 is 10.2 Å². The van der Waals surface area contributed by atoms with E-state index in [2.05, 4.69) is 5.32 Å². The molecule has 3 rings (SSSR count). The maximum Gasteiger partial charge on any atom is 0.325 e. The number of carbonyl (C=O) groups is 3. The molecular formula is C22H22N4O3. The van der Waals surface area contributed by atoms with Crippen molar-refractivity contribution in [3.8, 4) is 6.07 Å². The van der Waals surface area contributed by atoms with Gasteiger partial charge in [0.2, 0.25) is 5.91 Å². The van der Waals surface area contributed by atoms with Crippen molar-refractivity contribution in [2.45, 2.75) is 25.8 Å². The van der Waals surface area contributed by atoms with E-state index in [0.29, 0.717) is 12.1 Å². The summed E-state index contributed by atoms with van der Waals surface area (Å²) < 4.78 is 0. The molecule has 0 radical (unpaired) electrons. The van der Waals surface area contributed by atoms with Gasteiger partial charge < -0.3 is 10.2 Å². The van der Waals surface area contributed by atoms with E-state index in [1.54, 1.807) is 12.1 Å². The second-order valence-corrected chi connectivity index (χ2v) is 6.91. The molecule has 4 amide bonds. The number of nitrogens with zero attached hydrogens (tertiary/aromatic N) is 3. The Hall–Kier alpha value is -3.66. The Morgan fingerprint density at radius 1 is 1.14 bits per heavy atom. The van der Waals surface area contributed by atoms with Crippen LogP contribution in [0.15, 0.2) is 54.6 Å². The zero-order chi connectivity index (χ0) is 20.8. The van der Waals surface area contributed by atoms with Gasteiger partial charge in [0.15, 0.2) is 0 Å². The van der Waals surface area contributed by atoms with Gasteiger partial charge in [-0.3, -0.25) is 14.5 Å². The first-order valence-electron chi connectivity index (χ1n) is 9.39. The van der Waals surface area contributed by atoms with E-state index < -0.39 is 23.9 Å². The Bertz CT molecular complexity index is 935. The molecule has 1 atom stereocenters. The standard InChI is InChI=1S/C22H22N4O3/c1-16-8-10-18(11-9-16)25(13-5-12-23)20(27)15-26-21(28)19(24-22(26)29)14-17-6-3-2-4-7-17/h2-4,6-11,19H,5,13-15H2,1H3,(H,24,29)/t19-/m1/s1. The number of hydrogen-bond donors (Lipinski definition) is 1. The maximum absolute atomic E-state index is 12.9. The van der Waals surface area contributed by atoms with Crippen LogP contribution in [0.5, 0.6) is 0 Å². The highest BCUT2D eigenvalue weighted by molar-refractivity contribution is 6.08. The fourth-order valence-electron chi connectivity index (χ4n) is 3.22. The van der Waals surface area contributed by atoms with E-state index >= 15 is 0 Å². The Balaban J connectivity index is 1.71. The lowest BCUT2D eigenvalue weighted by molar-refractivity contribution is -0.131. The zero-order valence-electron chi connectivity index (χ0n) is 16.2. The van der Waals surface area contributed by atoms with Crippen LogP contribution in [0.3, 0.4) is 0 Å². The molecule has 1 fully saturated rings. The molecular weight excluding hydrogens is 368 g/mol. The average Bonchev–Trinajstić information content (AvgIpc) is 2.97. The Morgan fingerprint density at radius 3 is 2.48 bits per heavy atom. The topological polar surface area (TPSA) is 93.5 Å². The fourth-order valence-corrected chi connectivity index (χ4v) is 3.22. The van der Waals surface area contributed by atoms with Gasteiger partial charge in [-0.15, -0.1) is 0 Å². The largest absolute Gasteiger partial charge is 0.325 e. The lowest BCUT2D eigenvalue weighted by atomic mass is 10.1. The first kappa shape index (κ1) is 20.1. The predicted octanol–water partition coefficient (Wildman–Crippen LogP) is 2.40. The summed E-state index contributed by atoms with van der Waals surface area (Å²) in [5, 5.41) is 11.6. The number of nitrogens with one attached hydrogen (secondary N) is 1. The van der Waals surface area contributed by atoms with E-state index in [0.717, 1.165) is 16.0 Å². The molecule has 0 saturated carbocycles. The fraction of sp³-hybridized carbons (Fsp3) is 0.273. The van der Waals surface area contributed by atoms with Gasteiger partial charge in [0.05, 0.1) is 12.5 Å². The summed E-state index contributed by atoms with van der Waals surface area (Å²) in [4.78, 5) is 40.3. The van der Waals surface area contributed by atoms with Crippen LogP contribution in [-0.2, 0) is 16.0 Å². The van der Waals surface area contributed by atoms with Crippen LogP contribution in [0.4, 0.5) is 10.5 Å². The van der Waals surface area contributed by atoms with Gasteiger partial charge in [-0.05, 0) is 24.6 Å². The SMILES string of the molecule is Cc1ccc(N(CCC#N)C(=O)CN2C(=O)N[C@H](Cc3ccccc3)C2=O)cc1. The molecule has 7 nitrogen and oxygen atoms in total. The number of carbonyl (C=O) groups excluding carboxylic acids is 3. The van der Waals surface area contributed by atoms with Crippen molar-refractivity contribution in [2.24, 2.45) is 0 Å². The minimum absolute atomic E-state index is 0.149. The molecule has 2 aromatic rings. The molecule has 1 aliphatic rings. The van der Waals surface area contributed by atoms with Crippen molar-refractivity contribution < 1.29 is 14.4 Å². The van der Waals surface area contributed by atoms with Gasteiger partial charge in [0, 0.05) is 18.7 Å². The van der Waals surface area contributed by atoms with Crippen molar-refractivity contribution in [3.05, 3.63) is 65.7 Å². The van der Waals surface area contributed by atoms with E-state index in [4.69, 9.17) is 5.26 Å². The molecule has 29 heavy (non-hydrogen) atoms. The van der Waals surface area contributed by atoms with Gasteiger partial charge in [-0.2, -0.15) is 5.26 Å². The second-order valence-electron chi connectivity index (χ2n) is 6.91. The van der Waals surface area contributed by atoms with Crippen LogP contribution in [-0.4, -0.2) is 41.9 Å². The Labute approximate surface area is 169 Å². The molecule has 0 spiro atoms. The average molecular weight is 390 g/mol. The number of amides is 4. The normalized spacial score (nSPS) is 15.7. The summed E-state index contributed by atoms with van der Waals surface area (Å²) in [7, 11) is 0. The van der Waals surface area contributed by atoms with E-state index in [-0.39, 0.29) is 19.5 Å². The highest BCUT2D eigenvalue weighted by Gasteiger charge is 2.39. The van der Waals surface area contributed by atoms with Crippen molar-refractivity contribution in [1.29, 1.82) is 5.26 Å². The molecule has 1 saturated heterocycles. The number of urea groups is 1. The third-order valence-corrected chi connectivity index (χ3v) is 4.78.